The third-order valence-electron chi connectivity index (χ3n) is 5.24. The lowest BCUT2D eigenvalue weighted by Gasteiger charge is -2.29. The second-order valence-corrected chi connectivity index (χ2v) is 7.89. The number of nitrogens with one attached hydrogen (secondary N) is 1. The molecule has 0 aromatic rings. The summed E-state index contributed by atoms with van der Waals surface area (Å²) in [6, 6.07) is 0.0905. The maximum absolute atomic E-state index is 12.6. The molecule has 0 spiro atoms. The van der Waals surface area contributed by atoms with Crippen molar-refractivity contribution in [3.05, 3.63) is 0 Å². The second kappa shape index (κ2) is 15.9. The molecule has 3 unspecified atom stereocenters. The van der Waals surface area contributed by atoms with E-state index in [0.29, 0.717) is 0 Å². The minimum Gasteiger partial charge on any atom is -0.481 e. The van der Waals surface area contributed by atoms with Crippen LogP contribution in [-0.2, 0) is 9.59 Å². The lowest BCUT2D eigenvalue weighted by atomic mass is 9.98. The zero-order valence-electron chi connectivity index (χ0n) is 18.0. The zero-order valence-corrected chi connectivity index (χ0v) is 18.0. The fourth-order valence-corrected chi connectivity index (χ4v) is 3.30. The fourth-order valence-electron chi connectivity index (χ4n) is 3.30. The molecule has 0 heterocycles. The van der Waals surface area contributed by atoms with E-state index in [0.717, 1.165) is 19.3 Å². The number of unbranched alkanes of at least 4 members (excludes halogenated alkanes) is 8. The van der Waals surface area contributed by atoms with Crippen molar-refractivity contribution < 1.29 is 14.7 Å². The van der Waals surface area contributed by atoms with Gasteiger partial charge in [-0.15, -0.1) is 0 Å². The molecule has 4 N–H and O–H groups in total. The zero-order chi connectivity index (χ0) is 20.7. The first-order valence-corrected chi connectivity index (χ1v) is 10.8. The number of aliphatic carboxylic acids is 1. The molecule has 0 saturated heterocycles. The van der Waals surface area contributed by atoms with Gasteiger partial charge in [-0.1, -0.05) is 71.6 Å². The van der Waals surface area contributed by atoms with Crippen molar-refractivity contribution in [1.82, 2.24) is 10.2 Å². The van der Waals surface area contributed by atoms with Crippen molar-refractivity contribution >= 4 is 11.9 Å². The van der Waals surface area contributed by atoms with E-state index in [-0.39, 0.29) is 18.4 Å². The maximum Gasteiger partial charge on any atom is 0.304 e. The van der Waals surface area contributed by atoms with E-state index in [4.69, 9.17) is 10.8 Å². The summed E-state index contributed by atoms with van der Waals surface area (Å²) in [4.78, 5) is 25.4. The molecule has 0 aromatic carbocycles. The smallest absolute Gasteiger partial charge is 0.304 e. The normalized spacial score (nSPS) is 14.7. The summed E-state index contributed by atoms with van der Waals surface area (Å²) in [5.74, 6) is -1.99. The first-order chi connectivity index (χ1) is 12.8. The standard InChI is InChI=1S/C21H43N3O3/c1-5-7-8-9-10-11-12-13-14-15-17(6-2)23-21(27)18(16-19(25)26)20(22)24(3)4/h17-18,20H,5-16,22H2,1-4H3,(H,23,27)(H,25,26). The number of carboxylic acid groups (broad SMARTS) is 1. The van der Waals surface area contributed by atoms with Gasteiger partial charge in [0.25, 0.3) is 0 Å². The Kier molecular flexibility index (Phi) is 15.2. The van der Waals surface area contributed by atoms with Crippen LogP contribution in [0.3, 0.4) is 0 Å². The third-order valence-corrected chi connectivity index (χ3v) is 5.24. The predicted molar refractivity (Wildman–Crippen MR) is 111 cm³/mol. The van der Waals surface area contributed by atoms with Crippen molar-refractivity contribution in [2.75, 3.05) is 14.1 Å². The van der Waals surface area contributed by atoms with Gasteiger partial charge < -0.3 is 16.2 Å². The predicted octanol–water partition coefficient (Wildman–Crippen LogP) is 3.74. The summed E-state index contributed by atoms with van der Waals surface area (Å²) in [5, 5.41) is 12.1. The number of rotatable bonds is 17. The molecular weight excluding hydrogens is 342 g/mol. The van der Waals surface area contributed by atoms with Crippen LogP contribution in [-0.4, -0.2) is 48.2 Å². The number of carbonyl (C=O) groups is 2. The van der Waals surface area contributed by atoms with Gasteiger partial charge in [-0.05, 0) is 26.9 Å². The lowest BCUT2D eigenvalue weighted by molar-refractivity contribution is -0.142. The maximum atomic E-state index is 12.6. The number of amides is 1. The molecule has 0 aliphatic rings. The molecule has 0 fully saturated rings. The van der Waals surface area contributed by atoms with E-state index in [1.54, 1.807) is 19.0 Å². The summed E-state index contributed by atoms with van der Waals surface area (Å²) in [7, 11) is 3.51. The molecule has 160 valence electrons. The molecule has 0 bridgehead atoms. The first-order valence-electron chi connectivity index (χ1n) is 10.8. The van der Waals surface area contributed by atoms with Crippen LogP contribution in [0.15, 0.2) is 0 Å². The van der Waals surface area contributed by atoms with Gasteiger partial charge in [0.05, 0.1) is 18.5 Å². The van der Waals surface area contributed by atoms with Crippen molar-refractivity contribution in [3.8, 4) is 0 Å². The van der Waals surface area contributed by atoms with Gasteiger partial charge in [-0.25, -0.2) is 0 Å². The Hall–Kier alpha value is -1.14. The fraction of sp³-hybridized carbons (Fsp3) is 0.905. The lowest BCUT2D eigenvalue weighted by Crippen LogP contribution is -2.51. The number of nitrogens with two attached hydrogens (primary N) is 1. The molecular formula is C21H43N3O3. The Labute approximate surface area is 166 Å². The second-order valence-electron chi connectivity index (χ2n) is 7.89. The van der Waals surface area contributed by atoms with Gasteiger partial charge in [-0.3, -0.25) is 14.5 Å². The van der Waals surface area contributed by atoms with Gasteiger partial charge in [0.1, 0.15) is 0 Å². The molecule has 3 atom stereocenters. The topological polar surface area (TPSA) is 95.7 Å². The van der Waals surface area contributed by atoms with Crippen molar-refractivity contribution in [2.24, 2.45) is 11.7 Å². The highest BCUT2D eigenvalue weighted by atomic mass is 16.4. The van der Waals surface area contributed by atoms with Crippen LogP contribution in [0.2, 0.25) is 0 Å². The van der Waals surface area contributed by atoms with Crippen LogP contribution < -0.4 is 11.1 Å². The van der Waals surface area contributed by atoms with Crippen molar-refractivity contribution in [2.45, 2.75) is 103 Å². The SMILES string of the molecule is CCCCCCCCCCCC(CC)NC(=O)C(CC(=O)O)C(N)N(C)C. The molecule has 0 aromatic heterocycles. The Morgan fingerprint density at radius 2 is 1.48 bits per heavy atom. The van der Waals surface area contributed by atoms with Crippen molar-refractivity contribution in [3.63, 3.8) is 0 Å². The first kappa shape index (κ1) is 25.9. The van der Waals surface area contributed by atoms with Crippen LogP contribution >= 0.6 is 0 Å². The van der Waals surface area contributed by atoms with E-state index < -0.39 is 18.1 Å². The van der Waals surface area contributed by atoms with E-state index in [9.17, 15) is 9.59 Å². The molecule has 0 rings (SSSR count). The average molecular weight is 386 g/mol. The van der Waals surface area contributed by atoms with Crippen LogP contribution in [0.5, 0.6) is 0 Å². The van der Waals surface area contributed by atoms with Crippen LogP contribution in [0.25, 0.3) is 0 Å². The summed E-state index contributed by atoms with van der Waals surface area (Å²) in [6.45, 7) is 4.29. The molecule has 0 aliphatic heterocycles. The molecule has 0 radical (unpaired) electrons. The number of carboxylic acids is 1. The van der Waals surface area contributed by atoms with Crippen LogP contribution in [0.1, 0.15) is 90.9 Å². The Morgan fingerprint density at radius 3 is 1.93 bits per heavy atom. The third kappa shape index (κ3) is 12.8. The molecule has 1 amide bonds. The number of hydrogen-bond donors (Lipinski definition) is 3. The van der Waals surface area contributed by atoms with Crippen molar-refractivity contribution in [1.29, 1.82) is 0 Å². The summed E-state index contributed by atoms with van der Waals surface area (Å²) >= 11 is 0. The summed E-state index contributed by atoms with van der Waals surface area (Å²) < 4.78 is 0. The van der Waals surface area contributed by atoms with E-state index >= 15 is 0 Å². The highest BCUT2D eigenvalue weighted by molar-refractivity contribution is 5.84. The Balaban J connectivity index is 4.20. The van der Waals surface area contributed by atoms with Gasteiger partial charge >= 0.3 is 5.97 Å². The van der Waals surface area contributed by atoms with Gasteiger partial charge in [-0.2, -0.15) is 0 Å². The summed E-state index contributed by atoms with van der Waals surface area (Å²) in [6.07, 6.45) is 12.4. The molecule has 6 heteroatoms. The molecule has 27 heavy (non-hydrogen) atoms. The van der Waals surface area contributed by atoms with Gasteiger partial charge in [0.15, 0.2) is 0 Å². The quantitative estimate of drug-likeness (QED) is 0.262. The minimum absolute atomic E-state index is 0.0905. The van der Waals surface area contributed by atoms with Gasteiger partial charge in [0, 0.05) is 6.04 Å². The molecule has 0 aliphatic carbocycles. The van der Waals surface area contributed by atoms with E-state index in [1.807, 2.05) is 0 Å². The Morgan fingerprint density at radius 1 is 0.963 bits per heavy atom. The number of nitrogens with zero attached hydrogens (tertiary/aromatic N) is 1. The van der Waals surface area contributed by atoms with Crippen LogP contribution in [0.4, 0.5) is 0 Å². The number of carbonyl (C=O) groups excluding carboxylic acids is 1. The summed E-state index contributed by atoms with van der Waals surface area (Å²) in [5.41, 5.74) is 6.03. The highest BCUT2D eigenvalue weighted by Crippen LogP contribution is 2.14. The number of hydrogen-bond acceptors (Lipinski definition) is 4. The monoisotopic (exact) mass is 385 g/mol. The molecule has 6 nitrogen and oxygen atoms in total. The van der Waals surface area contributed by atoms with E-state index in [2.05, 4.69) is 19.2 Å². The van der Waals surface area contributed by atoms with Gasteiger partial charge in [0.2, 0.25) is 5.91 Å². The highest BCUT2D eigenvalue weighted by Gasteiger charge is 2.30. The molecule has 0 saturated carbocycles. The largest absolute Gasteiger partial charge is 0.481 e. The van der Waals surface area contributed by atoms with Crippen LogP contribution in [0, 0.1) is 5.92 Å². The van der Waals surface area contributed by atoms with E-state index in [1.165, 1.54) is 51.4 Å². The average Bonchev–Trinajstić information content (AvgIpc) is 2.62. The minimum atomic E-state index is -1.00. The Bertz CT molecular complexity index is 402.